The number of aromatic nitrogens is 2. The number of carbonyl (C=O) groups excluding carboxylic acids is 1. The van der Waals surface area contributed by atoms with E-state index in [1.807, 2.05) is 4.90 Å². The minimum absolute atomic E-state index is 0.0246. The Morgan fingerprint density at radius 3 is 2.68 bits per heavy atom. The second-order valence-electron chi connectivity index (χ2n) is 8.55. The largest absolute Gasteiger partial charge is 0.416 e. The third-order valence-corrected chi connectivity index (χ3v) is 5.84. The van der Waals surface area contributed by atoms with Gasteiger partial charge in [-0.2, -0.15) is 13.2 Å². The number of rotatable bonds is 7. The second kappa shape index (κ2) is 11.3. The molecule has 1 amide bonds. The summed E-state index contributed by atoms with van der Waals surface area (Å²) in [6.45, 7) is 8.58. The molecule has 1 saturated heterocycles. The Morgan fingerprint density at radius 1 is 1.21 bits per heavy atom. The Hall–Kier alpha value is -4.45. The zero-order chi connectivity index (χ0) is 27.3. The average molecular weight is 525 g/mol. The number of piperazine rings is 1. The summed E-state index contributed by atoms with van der Waals surface area (Å²) >= 11 is 0. The van der Waals surface area contributed by atoms with E-state index >= 15 is 0 Å². The van der Waals surface area contributed by atoms with Gasteiger partial charge in [-0.05, 0) is 49.0 Å². The van der Waals surface area contributed by atoms with Crippen molar-refractivity contribution in [1.29, 1.82) is 0 Å². The molecule has 198 valence electrons. The highest BCUT2D eigenvalue weighted by molar-refractivity contribution is 6.06. The highest BCUT2D eigenvalue weighted by atomic mass is 19.4. The summed E-state index contributed by atoms with van der Waals surface area (Å²) in [6.07, 6.45) is -1.44. The zero-order valence-electron chi connectivity index (χ0n) is 20.6. The van der Waals surface area contributed by atoms with Crippen LogP contribution in [0.5, 0.6) is 0 Å². The number of alkyl halides is 3. The molecule has 3 aromatic rings. The lowest BCUT2D eigenvalue weighted by Crippen LogP contribution is -2.44. The number of carbonyl (C=O) groups is 1. The van der Waals surface area contributed by atoms with Crippen molar-refractivity contribution in [2.24, 2.45) is 10.7 Å². The molecule has 9 nitrogen and oxygen atoms in total. The van der Waals surface area contributed by atoms with Crippen molar-refractivity contribution < 1.29 is 18.0 Å². The predicted molar refractivity (Wildman–Crippen MR) is 142 cm³/mol. The third-order valence-electron chi connectivity index (χ3n) is 5.84. The van der Waals surface area contributed by atoms with Gasteiger partial charge in [0, 0.05) is 37.4 Å². The molecule has 1 fully saturated rings. The van der Waals surface area contributed by atoms with Crippen LogP contribution < -0.4 is 26.6 Å². The van der Waals surface area contributed by atoms with Crippen LogP contribution in [0.4, 0.5) is 36.2 Å². The Bertz CT molecular complexity index is 1370. The maximum absolute atomic E-state index is 13.0. The van der Waals surface area contributed by atoms with Crippen molar-refractivity contribution in [3.8, 4) is 0 Å². The highest BCUT2D eigenvalue weighted by Crippen LogP contribution is 2.31. The lowest BCUT2D eigenvalue weighted by atomic mass is 10.1. The number of hydrogen-bond acceptors (Lipinski definition) is 7. The highest BCUT2D eigenvalue weighted by Gasteiger charge is 2.30. The van der Waals surface area contributed by atoms with E-state index < -0.39 is 17.6 Å². The fourth-order valence-electron chi connectivity index (χ4n) is 3.83. The fraction of sp³-hybridized carbons (Fsp3) is 0.231. The van der Waals surface area contributed by atoms with Crippen molar-refractivity contribution in [3.63, 3.8) is 0 Å². The second-order valence-corrected chi connectivity index (χ2v) is 8.55. The quantitative estimate of drug-likeness (QED) is 0.272. The van der Waals surface area contributed by atoms with Crippen molar-refractivity contribution >= 4 is 34.8 Å². The number of anilines is 3. The SMILES string of the molecule is C=CNc1cnc(N2CCNCC2)nc1C(N)=Nc1cc(C(=O)Nc2cccc(C(F)(F)F)c2)ccc1C. The minimum Gasteiger partial charge on any atom is -0.382 e. The van der Waals surface area contributed by atoms with Gasteiger partial charge in [-0.1, -0.05) is 18.7 Å². The molecule has 0 aliphatic carbocycles. The van der Waals surface area contributed by atoms with E-state index in [-0.39, 0.29) is 17.1 Å². The molecule has 12 heteroatoms. The van der Waals surface area contributed by atoms with Gasteiger partial charge >= 0.3 is 6.18 Å². The van der Waals surface area contributed by atoms with Crippen LogP contribution in [0.25, 0.3) is 0 Å². The average Bonchev–Trinajstić information content (AvgIpc) is 2.90. The number of amides is 1. The molecular formula is C26H27F3N8O. The number of aryl methyl sites for hydroxylation is 1. The van der Waals surface area contributed by atoms with E-state index in [9.17, 15) is 18.0 Å². The van der Waals surface area contributed by atoms with Crippen LogP contribution in [-0.2, 0) is 6.18 Å². The monoisotopic (exact) mass is 524 g/mol. The molecule has 0 bridgehead atoms. The van der Waals surface area contributed by atoms with Gasteiger partial charge in [-0.25, -0.2) is 15.0 Å². The van der Waals surface area contributed by atoms with E-state index in [0.717, 1.165) is 43.9 Å². The Morgan fingerprint density at radius 2 is 1.97 bits per heavy atom. The maximum Gasteiger partial charge on any atom is 0.416 e. The zero-order valence-corrected chi connectivity index (χ0v) is 20.6. The minimum atomic E-state index is -4.52. The summed E-state index contributed by atoms with van der Waals surface area (Å²) in [5.41, 5.74) is 7.77. The summed E-state index contributed by atoms with van der Waals surface area (Å²) in [6, 6.07) is 9.19. The first-order valence-electron chi connectivity index (χ1n) is 11.8. The first-order valence-corrected chi connectivity index (χ1v) is 11.8. The topological polar surface area (TPSA) is 121 Å². The van der Waals surface area contributed by atoms with E-state index in [0.29, 0.717) is 23.0 Å². The molecule has 0 radical (unpaired) electrons. The van der Waals surface area contributed by atoms with Gasteiger partial charge in [-0.3, -0.25) is 4.79 Å². The number of nitrogens with two attached hydrogens (primary N) is 1. The van der Waals surface area contributed by atoms with Crippen LogP contribution in [0, 0.1) is 6.92 Å². The van der Waals surface area contributed by atoms with Gasteiger partial charge < -0.3 is 26.6 Å². The van der Waals surface area contributed by atoms with E-state index in [1.54, 1.807) is 25.3 Å². The Kier molecular flexibility index (Phi) is 7.91. The summed E-state index contributed by atoms with van der Waals surface area (Å²) in [5, 5.41) is 8.74. The van der Waals surface area contributed by atoms with Gasteiger partial charge in [0.05, 0.1) is 23.1 Å². The molecule has 0 saturated carbocycles. The molecule has 2 heterocycles. The molecule has 2 aromatic carbocycles. The number of halogens is 3. The number of nitrogens with one attached hydrogen (secondary N) is 3. The van der Waals surface area contributed by atoms with Gasteiger partial charge in [0.25, 0.3) is 5.91 Å². The molecule has 0 atom stereocenters. The normalized spacial score (nSPS) is 14.2. The number of benzene rings is 2. The van der Waals surface area contributed by atoms with Crippen LogP contribution in [0.15, 0.2) is 66.4 Å². The first-order chi connectivity index (χ1) is 18.2. The maximum atomic E-state index is 13.0. The Labute approximate surface area is 217 Å². The van der Waals surface area contributed by atoms with E-state index in [2.05, 4.69) is 37.5 Å². The summed E-state index contributed by atoms with van der Waals surface area (Å²) in [4.78, 5) is 28.5. The summed E-state index contributed by atoms with van der Waals surface area (Å²) < 4.78 is 39.1. The van der Waals surface area contributed by atoms with E-state index in [4.69, 9.17) is 5.73 Å². The third kappa shape index (κ3) is 6.27. The molecule has 1 aliphatic heterocycles. The van der Waals surface area contributed by atoms with Gasteiger partial charge in [0.2, 0.25) is 5.95 Å². The standard InChI is InChI=1S/C26H27F3N8O/c1-3-32-21-15-33-25(37-11-9-31-10-12-37)36-22(21)23(30)35-20-13-17(8-7-16(20)2)24(38)34-19-6-4-5-18(14-19)26(27,28)29/h3-8,13-15,31-32H,1,9-12H2,2H3,(H2,30,35)(H,34,38). The van der Waals surface area contributed by atoms with Crippen molar-refractivity contribution in [3.05, 3.63) is 83.8 Å². The van der Waals surface area contributed by atoms with Crippen molar-refractivity contribution in [1.82, 2.24) is 15.3 Å². The smallest absolute Gasteiger partial charge is 0.382 e. The van der Waals surface area contributed by atoms with E-state index in [1.165, 1.54) is 24.4 Å². The summed E-state index contributed by atoms with van der Waals surface area (Å²) in [7, 11) is 0. The number of nitrogens with zero attached hydrogens (tertiary/aromatic N) is 4. The first kappa shape index (κ1) is 26.6. The molecule has 0 unspecified atom stereocenters. The van der Waals surface area contributed by atoms with Crippen molar-refractivity contribution in [2.75, 3.05) is 41.7 Å². The molecule has 0 spiro atoms. The number of amidine groups is 1. The van der Waals surface area contributed by atoms with Crippen LogP contribution in [-0.4, -0.2) is 47.9 Å². The molecule has 4 rings (SSSR count). The van der Waals surface area contributed by atoms with Crippen LogP contribution in [0.3, 0.4) is 0 Å². The number of hydrogen-bond donors (Lipinski definition) is 4. The molecule has 38 heavy (non-hydrogen) atoms. The lowest BCUT2D eigenvalue weighted by molar-refractivity contribution is -0.137. The molecular weight excluding hydrogens is 497 g/mol. The van der Waals surface area contributed by atoms with Crippen molar-refractivity contribution in [2.45, 2.75) is 13.1 Å². The van der Waals surface area contributed by atoms with Crippen LogP contribution in [0.1, 0.15) is 27.2 Å². The number of aliphatic imine (C=N–C) groups is 1. The molecule has 1 aliphatic rings. The lowest BCUT2D eigenvalue weighted by Gasteiger charge is -2.27. The van der Waals surface area contributed by atoms with Crippen LogP contribution in [0.2, 0.25) is 0 Å². The fourth-order valence-corrected chi connectivity index (χ4v) is 3.83. The summed E-state index contributed by atoms with van der Waals surface area (Å²) in [5.74, 6) is 0.0169. The van der Waals surface area contributed by atoms with Gasteiger partial charge in [0.15, 0.2) is 5.84 Å². The van der Waals surface area contributed by atoms with Gasteiger partial charge in [0.1, 0.15) is 5.69 Å². The van der Waals surface area contributed by atoms with Gasteiger partial charge in [-0.15, -0.1) is 0 Å². The molecule has 5 N–H and O–H groups in total. The Balaban J connectivity index is 1.62. The van der Waals surface area contributed by atoms with Crippen LogP contribution >= 0.6 is 0 Å². The molecule has 1 aromatic heterocycles. The predicted octanol–water partition coefficient (Wildman–Crippen LogP) is 4.06.